The van der Waals surface area contributed by atoms with E-state index in [4.69, 9.17) is 0 Å². The average molecular weight is 570 g/mol. The Kier molecular flexibility index (Phi) is 5.06. The van der Waals surface area contributed by atoms with Crippen LogP contribution < -0.4 is 0 Å². The molecule has 1 aromatic heterocycles. The van der Waals surface area contributed by atoms with Gasteiger partial charge in [0, 0.05) is 16.5 Å². The fourth-order valence-electron chi connectivity index (χ4n) is 7.58. The molecule has 8 aromatic carbocycles. The number of rotatable bonds is 3. The second-order valence-electron chi connectivity index (χ2n) is 12.2. The molecule has 0 amide bonds. The summed E-state index contributed by atoms with van der Waals surface area (Å²) in [5.41, 5.74) is 13.9. The van der Waals surface area contributed by atoms with E-state index in [9.17, 15) is 0 Å². The number of hydrogen-bond acceptors (Lipinski definition) is 0. The predicted octanol–water partition coefficient (Wildman–Crippen LogP) is 12.1. The van der Waals surface area contributed by atoms with Crippen molar-refractivity contribution >= 4 is 43.4 Å². The van der Waals surface area contributed by atoms with Crippen LogP contribution in [0.2, 0.25) is 0 Å². The Balaban J connectivity index is 1.06. The molecule has 1 nitrogen and oxygen atoms in total. The van der Waals surface area contributed by atoms with Crippen LogP contribution in [0.15, 0.2) is 164 Å². The Hall–Kier alpha value is -5.92. The average Bonchev–Trinajstić information content (AvgIpc) is 3.61. The van der Waals surface area contributed by atoms with E-state index in [-0.39, 0.29) is 0 Å². The molecule has 0 spiro atoms. The van der Waals surface area contributed by atoms with E-state index < -0.39 is 0 Å². The summed E-state index contributed by atoms with van der Waals surface area (Å²) in [6.07, 6.45) is 0. The van der Waals surface area contributed by atoms with Gasteiger partial charge >= 0.3 is 0 Å². The third-order valence-corrected chi connectivity index (χ3v) is 9.70. The second kappa shape index (κ2) is 9.29. The number of hydrogen-bond donors (Lipinski definition) is 0. The van der Waals surface area contributed by atoms with Gasteiger partial charge in [-0.15, -0.1) is 0 Å². The summed E-state index contributed by atoms with van der Waals surface area (Å²) in [6, 6.07) is 60.3. The molecule has 208 valence electrons. The molecule has 0 aliphatic heterocycles. The molecular weight excluding hydrogens is 542 g/mol. The molecule has 10 rings (SSSR count). The van der Waals surface area contributed by atoms with Gasteiger partial charge in [0.25, 0.3) is 0 Å². The molecule has 0 saturated carbocycles. The molecule has 0 saturated heterocycles. The van der Waals surface area contributed by atoms with Crippen molar-refractivity contribution in [1.29, 1.82) is 0 Å². The van der Waals surface area contributed by atoms with Gasteiger partial charge in [-0.2, -0.15) is 0 Å². The van der Waals surface area contributed by atoms with Crippen molar-refractivity contribution in [3.05, 3.63) is 164 Å². The van der Waals surface area contributed by atoms with E-state index in [1.807, 2.05) is 0 Å². The molecule has 0 atom stereocenters. The standard InChI is InChI=1S/C44H27N/c1-2-10-35(11-3-1)45-42-15-5-4-12-37(42)38-23-21-34(27-43(38)45)32-19-17-29-24-31(18-16-30(29)25-32)33-20-22-36-39-13-6-8-28-9-7-14-40(44(28)39)41(36)26-33/h1-27H. The van der Waals surface area contributed by atoms with E-state index in [1.165, 1.54) is 93.5 Å². The highest BCUT2D eigenvalue weighted by molar-refractivity contribution is 6.16. The molecule has 1 aliphatic rings. The molecule has 0 N–H and O–H groups in total. The zero-order chi connectivity index (χ0) is 29.5. The Bertz CT molecular complexity index is 2630. The van der Waals surface area contributed by atoms with Crippen molar-refractivity contribution in [1.82, 2.24) is 4.57 Å². The van der Waals surface area contributed by atoms with Crippen LogP contribution in [0, 0.1) is 0 Å². The van der Waals surface area contributed by atoms with Gasteiger partial charge in [0.1, 0.15) is 0 Å². The molecule has 0 unspecified atom stereocenters. The normalized spacial score (nSPS) is 12.0. The van der Waals surface area contributed by atoms with Crippen LogP contribution in [0.3, 0.4) is 0 Å². The minimum Gasteiger partial charge on any atom is -0.309 e. The van der Waals surface area contributed by atoms with Gasteiger partial charge in [-0.1, -0.05) is 121 Å². The molecule has 1 heteroatoms. The molecule has 9 aromatic rings. The first-order valence-electron chi connectivity index (χ1n) is 15.6. The molecule has 1 heterocycles. The maximum atomic E-state index is 2.39. The van der Waals surface area contributed by atoms with Crippen molar-refractivity contribution in [3.8, 4) is 50.2 Å². The van der Waals surface area contributed by atoms with Gasteiger partial charge in [0.2, 0.25) is 0 Å². The Labute approximate surface area is 261 Å². The maximum Gasteiger partial charge on any atom is 0.0547 e. The Morgan fingerprint density at radius 3 is 1.69 bits per heavy atom. The minimum absolute atomic E-state index is 1.18. The van der Waals surface area contributed by atoms with E-state index >= 15 is 0 Å². The highest BCUT2D eigenvalue weighted by Crippen LogP contribution is 2.48. The van der Waals surface area contributed by atoms with Crippen LogP contribution in [0.5, 0.6) is 0 Å². The first-order chi connectivity index (χ1) is 22.3. The van der Waals surface area contributed by atoms with Crippen LogP contribution in [0.25, 0.3) is 93.5 Å². The Morgan fingerprint density at radius 1 is 0.311 bits per heavy atom. The van der Waals surface area contributed by atoms with Crippen LogP contribution in [-0.2, 0) is 0 Å². The van der Waals surface area contributed by atoms with Gasteiger partial charge in [0.05, 0.1) is 11.0 Å². The third kappa shape index (κ3) is 3.62. The topological polar surface area (TPSA) is 4.93 Å². The van der Waals surface area contributed by atoms with Gasteiger partial charge in [-0.25, -0.2) is 0 Å². The lowest BCUT2D eigenvalue weighted by Crippen LogP contribution is -1.93. The first kappa shape index (κ1) is 24.5. The lowest BCUT2D eigenvalue weighted by Gasteiger charge is -2.10. The first-order valence-corrected chi connectivity index (χ1v) is 15.6. The lowest BCUT2D eigenvalue weighted by atomic mass is 9.95. The van der Waals surface area contributed by atoms with E-state index in [1.54, 1.807) is 0 Å². The maximum absolute atomic E-state index is 2.39. The zero-order valence-corrected chi connectivity index (χ0v) is 24.5. The second-order valence-corrected chi connectivity index (χ2v) is 12.2. The predicted molar refractivity (Wildman–Crippen MR) is 191 cm³/mol. The summed E-state index contributed by atoms with van der Waals surface area (Å²) in [7, 11) is 0. The smallest absolute Gasteiger partial charge is 0.0547 e. The lowest BCUT2D eigenvalue weighted by molar-refractivity contribution is 1.18. The number of nitrogens with zero attached hydrogens (tertiary/aromatic N) is 1. The van der Waals surface area contributed by atoms with E-state index in [0.29, 0.717) is 0 Å². The van der Waals surface area contributed by atoms with E-state index in [2.05, 4.69) is 168 Å². The molecule has 0 fully saturated rings. The van der Waals surface area contributed by atoms with Gasteiger partial charge < -0.3 is 4.57 Å². The highest BCUT2D eigenvalue weighted by Gasteiger charge is 2.21. The monoisotopic (exact) mass is 569 g/mol. The van der Waals surface area contributed by atoms with Gasteiger partial charge in [-0.3, -0.25) is 0 Å². The number of fused-ring (bicyclic) bond motifs is 7. The summed E-state index contributed by atoms with van der Waals surface area (Å²) < 4.78 is 2.39. The third-order valence-electron chi connectivity index (χ3n) is 9.70. The minimum atomic E-state index is 1.18. The van der Waals surface area contributed by atoms with Crippen LogP contribution in [0.1, 0.15) is 0 Å². The summed E-state index contributed by atoms with van der Waals surface area (Å²) in [5, 5.41) is 7.74. The fraction of sp³-hybridized carbons (Fsp3) is 0. The summed E-state index contributed by atoms with van der Waals surface area (Å²) >= 11 is 0. The van der Waals surface area contributed by atoms with E-state index in [0.717, 1.165) is 0 Å². The molecular formula is C44H27N. The van der Waals surface area contributed by atoms with Crippen molar-refractivity contribution in [2.75, 3.05) is 0 Å². The molecule has 0 radical (unpaired) electrons. The summed E-state index contributed by atoms with van der Waals surface area (Å²) in [4.78, 5) is 0. The van der Waals surface area contributed by atoms with Crippen molar-refractivity contribution < 1.29 is 0 Å². The zero-order valence-electron chi connectivity index (χ0n) is 24.5. The summed E-state index contributed by atoms with van der Waals surface area (Å²) in [6.45, 7) is 0. The quantitative estimate of drug-likeness (QED) is 0.199. The van der Waals surface area contributed by atoms with Gasteiger partial charge in [-0.05, 0) is 109 Å². The SMILES string of the molecule is c1ccc(-n2c3ccccc3c3ccc(-c4ccc5cc(-c6ccc7c(c6)-c6cccc8cccc-7c68)ccc5c4)cc32)cc1. The van der Waals surface area contributed by atoms with Crippen LogP contribution >= 0.6 is 0 Å². The summed E-state index contributed by atoms with van der Waals surface area (Å²) in [5.74, 6) is 0. The molecule has 1 aliphatic carbocycles. The van der Waals surface area contributed by atoms with Crippen molar-refractivity contribution in [2.24, 2.45) is 0 Å². The van der Waals surface area contributed by atoms with Crippen LogP contribution in [0.4, 0.5) is 0 Å². The fourth-order valence-corrected chi connectivity index (χ4v) is 7.58. The largest absolute Gasteiger partial charge is 0.309 e. The molecule has 45 heavy (non-hydrogen) atoms. The number of aromatic nitrogens is 1. The van der Waals surface area contributed by atoms with Gasteiger partial charge in [0.15, 0.2) is 0 Å². The number of benzene rings is 8. The highest BCUT2D eigenvalue weighted by atomic mass is 15.0. The molecule has 0 bridgehead atoms. The Morgan fingerprint density at radius 2 is 0.911 bits per heavy atom. The van der Waals surface area contributed by atoms with Crippen LogP contribution in [-0.4, -0.2) is 4.57 Å². The van der Waals surface area contributed by atoms with Crippen molar-refractivity contribution in [3.63, 3.8) is 0 Å². The number of para-hydroxylation sites is 2. The van der Waals surface area contributed by atoms with Crippen molar-refractivity contribution in [2.45, 2.75) is 0 Å².